The van der Waals surface area contributed by atoms with Crippen LogP contribution >= 0.6 is 0 Å². The molecule has 0 aromatic heterocycles. The number of carbonyl (C=O) groups is 1. The SMILES string of the molecule is Cc1ccc2c(c1)C1(CC3=CCC1C3)C(=O)CC2. The van der Waals surface area contributed by atoms with Gasteiger partial charge in [-0.3, -0.25) is 4.79 Å². The summed E-state index contributed by atoms with van der Waals surface area (Å²) >= 11 is 0. The third kappa shape index (κ3) is 1.15. The lowest BCUT2D eigenvalue weighted by molar-refractivity contribution is -0.126. The molecule has 0 aliphatic heterocycles. The zero-order valence-corrected chi connectivity index (χ0v) is 10.8. The van der Waals surface area contributed by atoms with Gasteiger partial charge < -0.3 is 0 Å². The molecular formula is C17H18O. The van der Waals surface area contributed by atoms with Crippen LogP contribution in [-0.4, -0.2) is 5.78 Å². The van der Waals surface area contributed by atoms with Gasteiger partial charge in [-0.05, 0) is 49.7 Å². The largest absolute Gasteiger partial charge is 0.299 e. The number of hydrogen-bond acceptors (Lipinski definition) is 1. The molecule has 1 aromatic rings. The van der Waals surface area contributed by atoms with Crippen molar-refractivity contribution in [3.8, 4) is 0 Å². The fourth-order valence-electron chi connectivity index (χ4n) is 4.40. The number of benzene rings is 1. The zero-order valence-electron chi connectivity index (χ0n) is 10.8. The van der Waals surface area contributed by atoms with Crippen LogP contribution in [0.5, 0.6) is 0 Å². The van der Waals surface area contributed by atoms with Crippen molar-refractivity contribution in [2.75, 3.05) is 0 Å². The monoisotopic (exact) mass is 238 g/mol. The van der Waals surface area contributed by atoms with Crippen LogP contribution in [0.25, 0.3) is 0 Å². The lowest BCUT2D eigenvalue weighted by Crippen LogP contribution is -2.43. The maximum atomic E-state index is 12.7. The van der Waals surface area contributed by atoms with E-state index in [0.29, 0.717) is 11.7 Å². The Labute approximate surface area is 108 Å². The Morgan fingerprint density at radius 3 is 2.89 bits per heavy atom. The summed E-state index contributed by atoms with van der Waals surface area (Å²) in [6.45, 7) is 2.14. The molecule has 1 spiro atoms. The van der Waals surface area contributed by atoms with Crippen molar-refractivity contribution < 1.29 is 4.79 Å². The molecule has 0 N–H and O–H groups in total. The van der Waals surface area contributed by atoms with Crippen LogP contribution in [0.1, 0.15) is 42.4 Å². The summed E-state index contributed by atoms with van der Waals surface area (Å²) in [4.78, 5) is 12.7. The van der Waals surface area contributed by atoms with Crippen LogP contribution in [0.15, 0.2) is 29.8 Å². The first-order valence-corrected chi connectivity index (χ1v) is 7.01. The molecule has 1 aromatic carbocycles. The quantitative estimate of drug-likeness (QED) is 0.632. The summed E-state index contributed by atoms with van der Waals surface area (Å²) in [5, 5.41) is 0. The van der Waals surface area contributed by atoms with Crippen molar-refractivity contribution in [1.82, 2.24) is 0 Å². The number of rotatable bonds is 0. The van der Waals surface area contributed by atoms with Crippen molar-refractivity contribution in [3.05, 3.63) is 46.5 Å². The molecule has 1 heteroatoms. The van der Waals surface area contributed by atoms with E-state index >= 15 is 0 Å². The minimum atomic E-state index is -0.135. The number of allylic oxidation sites excluding steroid dienone is 2. The first-order valence-electron chi connectivity index (χ1n) is 7.01. The second-order valence-corrected chi connectivity index (χ2v) is 6.23. The van der Waals surface area contributed by atoms with Gasteiger partial charge in [0.15, 0.2) is 0 Å². The molecule has 1 nitrogen and oxygen atoms in total. The Balaban J connectivity index is 1.96. The highest BCUT2D eigenvalue weighted by Gasteiger charge is 2.54. The van der Waals surface area contributed by atoms with Gasteiger partial charge in [0, 0.05) is 6.42 Å². The molecule has 0 amide bonds. The molecule has 2 atom stereocenters. The molecule has 1 fully saturated rings. The minimum Gasteiger partial charge on any atom is -0.299 e. The molecule has 3 aliphatic carbocycles. The van der Waals surface area contributed by atoms with E-state index in [4.69, 9.17) is 0 Å². The van der Waals surface area contributed by atoms with Crippen LogP contribution < -0.4 is 0 Å². The van der Waals surface area contributed by atoms with Crippen molar-refractivity contribution in [2.45, 2.75) is 44.4 Å². The van der Waals surface area contributed by atoms with Crippen molar-refractivity contribution in [2.24, 2.45) is 5.92 Å². The average Bonchev–Trinajstić information content (AvgIpc) is 2.96. The Hall–Kier alpha value is -1.37. The van der Waals surface area contributed by atoms with Crippen molar-refractivity contribution >= 4 is 5.78 Å². The Morgan fingerprint density at radius 2 is 2.17 bits per heavy atom. The maximum absolute atomic E-state index is 12.7. The number of carbonyl (C=O) groups excluding carboxylic acids is 1. The van der Waals surface area contributed by atoms with E-state index in [1.165, 1.54) is 28.7 Å². The molecule has 0 heterocycles. The van der Waals surface area contributed by atoms with Gasteiger partial charge in [-0.1, -0.05) is 35.4 Å². The van der Waals surface area contributed by atoms with E-state index in [1.807, 2.05) is 0 Å². The molecular weight excluding hydrogens is 220 g/mol. The van der Waals surface area contributed by atoms with Crippen LogP contribution in [-0.2, 0) is 16.6 Å². The molecule has 1 saturated carbocycles. The van der Waals surface area contributed by atoms with Gasteiger partial charge in [0.2, 0.25) is 0 Å². The first-order chi connectivity index (χ1) is 8.70. The summed E-state index contributed by atoms with van der Waals surface area (Å²) < 4.78 is 0. The standard InChI is InChI=1S/C17H18O/c1-11-2-4-13-5-7-16(18)17(15(13)8-11)10-12-3-6-14(17)9-12/h2-4,8,14H,5-7,9-10H2,1H3. The van der Waals surface area contributed by atoms with Crippen LogP contribution in [0, 0.1) is 12.8 Å². The van der Waals surface area contributed by atoms with Gasteiger partial charge in [-0.25, -0.2) is 0 Å². The number of aryl methyl sites for hydroxylation is 2. The lowest BCUT2D eigenvalue weighted by Gasteiger charge is -2.40. The van der Waals surface area contributed by atoms with E-state index in [2.05, 4.69) is 31.2 Å². The van der Waals surface area contributed by atoms with E-state index in [-0.39, 0.29) is 5.41 Å². The second kappa shape index (κ2) is 3.34. The predicted octanol–water partition coefficient (Wildman–Crippen LogP) is 3.49. The van der Waals surface area contributed by atoms with E-state index in [9.17, 15) is 4.79 Å². The highest BCUT2D eigenvalue weighted by molar-refractivity contribution is 5.94. The molecule has 3 aliphatic rings. The normalized spacial score (nSPS) is 32.8. The smallest absolute Gasteiger partial charge is 0.144 e. The number of hydrogen-bond donors (Lipinski definition) is 0. The molecule has 0 saturated heterocycles. The fourth-order valence-corrected chi connectivity index (χ4v) is 4.40. The molecule has 2 bridgehead atoms. The topological polar surface area (TPSA) is 17.1 Å². The van der Waals surface area contributed by atoms with E-state index < -0.39 is 0 Å². The molecule has 18 heavy (non-hydrogen) atoms. The zero-order chi connectivity index (χ0) is 12.3. The summed E-state index contributed by atoms with van der Waals surface area (Å²) in [7, 11) is 0. The molecule has 0 radical (unpaired) electrons. The fraction of sp³-hybridized carbons (Fsp3) is 0.471. The van der Waals surface area contributed by atoms with E-state index in [1.54, 1.807) is 0 Å². The number of ketones is 1. The first kappa shape index (κ1) is 10.5. The van der Waals surface area contributed by atoms with Crippen LogP contribution in [0.4, 0.5) is 0 Å². The van der Waals surface area contributed by atoms with Gasteiger partial charge in [0.05, 0.1) is 5.41 Å². The minimum absolute atomic E-state index is 0.135. The molecule has 92 valence electrons. The molecule has 4 rings (SSSR count). The maximum Gasteiger partial charge on any atom is 0.144 e. The van der Waals surface area contributed by atoms with Crippen molar-refractivity contribution in [3.63, 3.8) is 0 Å². The Morgan fingerprint density at radius 1 is 1.28 bits per heavy atom. The summed E-state index contributed by atoms with van der Waals surface area (Å²) in [5.74, 6) is 1.06. The number of fused-ring (bicyclic) bond motifs is 5. The Kier molecular flexibility index (Phi) is 1.96. The third-order valence-corrected chi connectivity index (χ3v) is 5.27. The summed E-state index contributed by atoms with van der Waals surface area (Å²) in [6, 6.07) is 6.72. The lowest BCUT2D eigenvalue weighted by atomic mass is 9.61. The Bertz CT molecular complexity index is 581. The van der Waals surface area contributed by atoms with Crippen LogP contribution in [0.3, 0.4) is 0 Å². The highest BCUT2D eigenvalue weighted by Crippen LogP contribution is 2.57. The second-order valence-electron chi connectivity index (χ2n) is 6.23. The van der Waals surface area contributed by atoms with Gasteiger partial charge in [0.25, 0.3) is 0 Å². The molecule has 2 unspecified atom stereocenters. The van der Waals surface area contributed by atoms with E-state index in [0.717, 1.165) is 25.7 Å². The van der Waals surface area contributed by atoms with Gasteiger partial charge in [-0.2, -0.15) is 0 Å². The summed E-state index contributed by atoms with van der Waals surface area (Å²) in [5.41, 5.74) is 5.48. The highest BCUT2D eigenvalue weighted by atomic mass is 16.1. The van der Waals surface area contributed by atoms with Gasteiger partial charge in [0.1, 0.15) is 5.78 Å². The third-order valence-electron chi connectivity index (χ3n) is 5.27. The van der Waals surface area contributed by atoms with Gasteiger partial charge >= 0.3 is 0 Å². The number of Topliss-reactive ketones (excluding diaryl/α,β-unsaturated/α-hetero) is 1. The van der Waals surface area contributed by atoms with Crippen LogP contribution in [0.2, 0.25) is 0 Å². The van der Waals surface area contributed by atoms with Gasteiger partial charge in [-0.15, -0.1) is 0 Å². The predicted molar refractivity (Wildman–Crippen MR) is 71.6 cm³/mol. The van der Waals surface area contributed by atoms with Crippen molar-refractivity contribution in [1.29, 1.82) is 0 Å². The summed E-state index contributed by atoms with van der Waals surface area (Å²) in [6.07, 6.45) is 7.36. The average molecular weight is 238 g/mol.